The van der Waals surface area contributed by atoms with E-state index in [9.17, 15) is 14.4 Å². The van der Waals surface area contributed by atoms with Gasteiger partial charge in [0.2, 0.25) is 0 Å². The molecule has 106 valence electrons. The molecular formula is C15H23NO3. The molecule has 0 bridgehead atoms. The maximum atomic E-state index is 12.4. The summed E-state index contributed by atoms with van der Waals surface area (Å²) in [4.78, 5) is 37.1. The van der Waals surface area contributed by atoms with Crippen LogP contribution in [0.4, 0.5) is 0 Å². The van der Waals surface area contributed by atoms with E-state index in [0.717, 1.165) is 0 Å². The van der Waals surface area contributed by atoms with Gasteiger partial charge in [-0.3, -0.25) is 14.4 Å². The average molecular weight is 265 g/mol. The summed E-state index contributed by atoms with van der Waals surface area (Å²) >= 11 is 0. The van der Waals surface area contributed by atoms with Gasteiger partial charge in [0, 0.05) is 5.71 Å². The van der Waals surface area contributed by atoms with E-state index in [2.05, 4.69) is 0 Å². The van der Waals surface area contributed by atoms with Gasteiger partial charge in [-0.25, -0.2) is 0 Å². The summed E-state index contributed by atoms with van der Waals surface area (Å²) in [5.74, 6) is -2.04. The standard InChI is InChI=1S/C15H23NO3/c1-8(2)7-9(16)10-11(17)14(3,4)13(19)15(5,6)12(10)18/h8,10,16H,7H2,1-6H3. The molecule has 0 radical (unpaired) electrons. The third-order valence-electron chi connectivity index (χ3n) is 3.87. The molecule has 4 heteroatoms. The van der Waals surface area contributed by atoms with Crippen LogP contribution in [0.15, 0.2) is 0 Å². The van der Waals surface area contributed by atoms with Crippen molar-refractivity contribution in [3.8, 4) is 0 Å². The van der Waals surface area contributed by atoms with E-state index in [1.165, 1.54) is 0 Å². The quantitative estimate of drug-likeness (QED) is 0.629. The lowest BCUT2D eigenvalue weighted by atomic mass is 9.57. The highest BCUT2D eigenvalue weighted by atomic mass is 16.2. The van der Waals surface area contributed by atoms with E-state index >= 15 is 0 Å². The predicted molar refractivity (Wildman–Crippen MR) is 73.3 cm³/mol. The van der Waals surface area contributed by atoms with Crippen molar-refractivity contribution in [3.05, 3.63) is 0 Å². The molecule has 19 heavy (non-hydrogen) atoms. The molecule has 0 spiro atoms. The fourth-order valence-corrected chi connectivity index (χ4v) is 2.72. The number of ketones is 3. The average Bonchev–Trinajstić information content (AvgIpc) is 2.25. The van der Waals surface area contributed by atoms with Crippen LogP contribution in [0, 0.1) is 28.1 Å². The van der Waals surface area contributed by atoms with Gasteiger partial charge in [0.1, 0.15) is 5.92 Å². The van der Waals surface area contributed by atoms with Gasteiger partial charge in [-0.1, -0.05) is 13.8 Å². The van der Waals surface area contributed by atoms with Crippen LogP contribution < -0.4 is 0 Å². The molecule has 0 aliphatic heterocycles. The molecule has 0 unspecified atom stereocenters. The Bertz CT molecular complexity index is 428. The van der Waals surface area contributed by atoms with E-state index in [4.69, 9.17) is 5.41 Å². The molecule has 0 saturated heterocycles. The summed E-state index contributed by atoms with van der Waals surface area (Å²) in [6.45, 7) is 10.1. The van der Waals surface area contributed by atoms with Crippen LogP contribution in [0.25, 0.3) is 0 Å². The van der Waals surface area contributed by atoms with Crippen LogP contribution in [0.2, 0.25) is 0 Å². The summed E-state index contributed by atoms with van der Waals surface area (Å²) in [5.41, 5.74) is -2.24. The topological polar surface area (TPSA) is 75.1 Å². The number of hydrogen-bond acceptors (Lipinski definition) is 4. The van der Waals surface area contributed by atoms with Crippen molar-refractivity contribution < 1.29 is 14.4 Å². The van der Waals surface area contributed by atoms with Crippen LogP contribution in [-0.4, -0.2) is 23.1 Å². The van der Waals surface area contributed by atoms with Crippen molar-refractivity contribution in [2.75, 3.05) is 0 Å². The Morgan fingerprint density at radius 2 is 1.42 bits per heavy atom. The molecule has 0 aromatic carbocycles. The minimum atomic E-state index is -1.19. The van der Waals surface area contributed by atoms with Crippen LogP contribution in [0.1, 0.15) is 48.0 Å². The molecule has 0 aromatic heterocycles. The molecule has 1 saturated carbocycles. The van der Waals surface area contributed by atoms with Gasteiger partial charge in [-0.2, -0.15) is 0 Å². The van der Waals surface area contributed by atoms with E-state index in [1.54, 1.807) is 27.7 Å². The van der Waals surface area contributed by atoms with Crippen molar-refractivity contribution in [1.29, 1.82) is 5.41 Å². The first-order chi connectivity index (χ1) is 8.44. The molecule has 1 aliphatic rings. The van der Waals surface area contributed by atoms with Crippen molar-refractivity contribution in [3.63, 3.8) is 0 Å². The van der Waals surface area contributed by atoms with Gasteiger partial charge in [-0.15, -0.1) is 0 Å². The highest BCUT2D eigenvalue weighted by molar-refractivity contribution is 6.35. The normalized spacial score (nSPS) is 23.0. The van der Waals surface area contributed by atoms with E-state index in [1.807, 2.05) is 13.8 Å². The van der Waals surface area contributed by atoms with Crippen LogP contribution >= 0.6 is 0 Å². The number of hydrogen-bond donors (Lipinski definition) is 1. The fourth-order valence-electron chi connectivity index (χ4n) is 2.72. The summed E-state index contributed by atoms with van der Waals surface area (Å²) in [5, 5.41) is 8.04. The monoisotopic (exact) mass is 265 g/mol. The Morgan fingerprint density at radius 1 is 1.05 bits per heavy atom. The fraction of sp³-hybridized carbons (Fsp3) is 0.733. The van der Waals surface area contributed by atoms with Crippen LogP contribution in [-0.2, 0) is 14.4 Å². The Kier molecular flexibility index (Phi) is 3.86. The summed E-state index contributed by atoms with van der Waals surface area (Å²) in [6.07, 6.45) is 0.405. The van der Waals surface area contributed by atoms with Gasteiger partial charge in [0.05, 0.1) is 10.8 Å². The number of carbonyl (C=O) groups excluding carboxylic acids is 3. The number of nitrogens with one attached hydrogen (secondary N) is 1. The van der Waals surface area contributed by atoms with Gasteiger partial charge < -0.3 is 5.41 Å². The maximum absolute atomic E-state index is 12.4. The van der Waals surface area contributed by atoms with Crippen molar-refractivity contribution in [2.45, 2.75) is 48.0 Å². The first-order valence-electron chi connectivity index (χ1n) is 6.64. The SMILES string of the molecule is CC(C)CC(=N)C1C(=O)C(C)(C)C(=O)C(C)(C)C1=O. The molecule has 4 nitrogen and oxygen atoms in total. The van der Waals surface area contributed by atoms with E-state index in [0.29, 0.717) is 6.42 Å². The molecule has 0 aromatic rings. The lowest BCUT2D eigenvalue weighted by Crippen LogP contribution is -2.59. The van der Waals surface area contributed by atoms with E-state index < -0.39 is 28.3 Å². The summed E-state index contributed by atoms with van der Waals surface area (Å²) < 4.78 is 0. The van der Waals surface area contributed by atoms with Gasteiger partial charge >= 0.3 is 0 Å². The number of rotatable bonds is 3. The first kappa shape index (κ1) is 15.7. The first-order valence-corrected chi connectivity index (χ1v) is 6.64. The smallest absolute Gasteiger partial charge is 0.161 e. The summed E-state index contributed by atoms with van der Waals surface area (Å²) in [6, 6.07) is 0. The number of Topliss-reactive ketones (excluding diaryl/α,β-unsaturated/α-hetero) is 3. The molecular weight excluding hydrogens is 242 g/mol. The largest absolute Gasteiger partial charge is 0.308 e. The maximum Gasteiger partial charge on any atom is 0.161 e. The molecule has 0 amide bonds. The molecule has 0 atom stereocenters. The Morgan fingerprint density at radius 3 is 1.74 bits per heavy atom. The second kappa shape index (κ2) is 4.66. The lowest BCUT2D eigenvalue weighted by Gasteiger charge is -2.40. The molecule has 0 heterocycles. The predicted octanol–water partition coefficient (Wildman–Crippen LogP) is 2.44. The molecule has 1 fully saturated rings. The van der Waals surface area contributed by atoms with E-state index in [-0.39, 0.29) is 17.4 Å². The van der Waals surface area contributed by atoms with Gasteiger partial charge in [-0.05, 0) is 40.0 Å². The summed E-state index contributed by atoms with van der Waals surface area (Å²) in [7, 11) is 0. The minimum Gasteiger partial charge on any atom is -0.308 e. The Labute approximate surface area is 114 Å². The third-order valence-corrected chi connectivity index (χ3v) is 3.87. The molecule has 1 rings (SSSR count). The highest BCUT2D eigenvalue weighted by Crippen LogP contribution is 2.41. The van der Waals surface area contributed by atoms with Gasteiger partial charge in [0.25, 0.3) is 0 Å². The zero-order chi connectivity index (χ0) is 15.2. The highest BCUT2D eigenvalue weighted by Gasteiger charge is 2.58. The Hall–Kier alpha value is -1.32. The molecule has 1 aliphatic carbocycles. The number of carbonyl (C=O) groups is 3. The Balaban J connectivity index is 3.25. The van der Waals surface area contributed by atoms with Crippen LogP contribution in [0.5, 0.6) is 0 Å². The second-order valence-corrected chi connectivity index (χ2v) is 6.86. The second-order valence-electron chi connectivity index (χ2n) is 6.86. The zero-order valence-corrected chi connectivity index (χ0v) is 12.6. The molecule has 1 N–H and O–H groups in total. The van der Waals surface area contributed by atoms with Crippen molar-refractivity contribution in [1.82, 2.24) is 0 Å². The third kappa shape index (κ3) is 2.40. The van der Waals surface area contributed by atoms with Crippen molar-refractivity contribution >= 4 is 23.1 Å². The van der Waals surface area contributed by atoms with Gasteiger partial charge in [0.15, 0.2) is 17.3 Å². The minimum absolute atomic E-state index is 0.138. The van der Waals surface area contributed by atoms with Crippen molar-refractivity contribution in [2.24, 2.45) is 22.7 Å². The lowest BCUT2D eigenvalue weighted by molar-refractivity contribution is -0.157. The van der Waals surface area contributed by atoms with Crippen LogP contribution in [0.3, 0.4) is 0 Å². The zero-order valence-electron chi connectivity index (χ0n) is 12.6.